The van der Waals surface area contributed by atoms with Gasteiger partial charge in [0, 0.05) is 19.2 Å². The van der Waals surface area contributed by atoms with Gasteiger partial charge in [0.2, 0.25) is 0 Å². The molecule has 0 bridgehead atoms. The monoisotopic (exact) mass is 203 g/mol. The number of ether oxygens (including phenoxy) is 1. The quantitative estimate of drug-likeness (QED) is 0.654. The Labute approximate surface area is 85.6 Å². The van der Waals surface area contributed by atoms with Gasteiger partial charge in [-0.2, -0.15) is 0 Å². The molecule has 0 saturated carbocycles. The van der Waals surface area contributed by atoms with Crippen LogP contribution in [0.15, 0.2) is 0 Å². The summed E-state index contributed by atoms with van der Waals surface area (Å²) in [5.74, 6) is -0.779. The summed E-state index contributed by atoms with van der Waals surface area (Å²) in [5.41, 5.74) is -0.235. The van der Waals surface area contributed by atoms with Gasteiger partial charge < -0.3 is 15.2 Å². The Hall–Kier alpha value is -0.610. The molecule has 0 saturated heterocycles. The Morgan fingerprint density at radius 3 is 2.57 bits per heavy atom. The molecule has 84 valence electrons. The number of carboxylic acids is 1. The van der Waals surface area contributed by atoms with E-state index in [0.717, 1.165) is 0 Å². The Bertz CT molecular complexity index is 180. The molecule has 0 aromatic carbocycles. The van der Waals surface area contributed by atoms with Crippen molar-refractivity contribution in [2.45, 2.75) is 45.8 Å². The molecule has 0 fully saturated rings. The normalized spacial score (nSPS) is 14.0. The number of nitrogens with one attached hydrogen (secondary N) is 1. The molecular weight excluding hydrogens is 182 g/mol. The zero-order valence-electron chi connectivity index (χ0n) is 9.46. The molecule has 0 aromatic rings. The molecule has 0 spiro atoms. The number of hydrogen-bond donors (Lipinski definition) is 2. The minimum atomic E-state index is -0.779. The fourth-order valence-electron chi connectivity index (χ4n) is 1.20. The molecule has 0 radical (unpaired) electrons. The van der Waals surface area contributed by atoms with Gasteiger partial charge in [0.25, 0.3) is 0 Å². The number of carbonyl (C=O) groups is 1. The predicted octanol–water partition coefficient (Wildman–Crippen LogP) is 1.25. The lowest BCUT2D eigenvalue weighted by molar-refractivity contribution is -0.137. The van der Waals surface area contributed by atoms with Crippen molar-refractivity contribution in [3.8, 4) is 0 Å². The maximum Gasteiger partial charge on any atom is 0.304 e. The van der Waals surface area contributed by atoms with Crippen molar-refractivity contribution >= 4 is 5.97 Å². The summed E-state index contributed by atoms with van der Waals surface area (Å²) in [6.45, 7) is 9.10. The lowest BCUT2D eigenvalue weighted by atomic mass is 10.1. The molecule has 0 aromatic heterocycles. The van der Waals surface area contributed by atoms with Gasteiger partial charge in [-0.05, 0) is 27.7 Å². The lowest BCUT2D eigenvalue weighted by Crippen LogP contribution is -2.42. The van der Waals surface area contributed by atoms with Crippen LogP contribution in [-0.2, 0) is 9.53 Å². The fraction of sp³-hybridized carbons (Fsp3) is 0.900. The van der Waals surface area contributed by atoms with E-state index in [-0.39, 0.29) is 18.1 Å². The Kier molecular flexibility index (Phi) is 5.72. The highest BCUT2D eigenvalue weighted by Crippen LogP contribution is 2.07. The van der Waals surface area contributed by atoms with Gasteiger partial charge in [-0.1, -0.05) is 0 Å². The molecule has 14 heavy (non-hydrogen) atoms. The highest BCUT2D eigenvalue weighted by atomic mass is 16.5. The van der Waals surface area contributed by atoms with E-state index in [9.17, 15) is 4.79 Å². The van der Waals surface area contributed by atoms with Crippen molar-refractivity contribution in [3.05, 3.63) is 0 Å². The zero-order chi connectivity index (χ0) is 11.2. The van der Waals surface area contributed by atoms with Crippen LogP contribution in [0.2, 0.25) is 0 Å². The maximum absolute atomic E-state index is 10.4. The van der Waals surface area contributed by atoms with Crippen LogP contribution in [0.25, 0.3) is 0 Å². The van der Waals surface area contributed by atoms with Crippen molar-refractivity contribution in [1.82, 2.24) is 5.32 Å². The molecule has 4 heteroatoms. The van der Waals surface area contributed by atoms with E-state index in [1.165, 1.54) is 0 Å². The second kappa shape index (κ2) is 5.98. The van der Waals surface area contributed by atoms with Crippen molar-refractivity contribution < 1.29 is 14.6 Å². The molecule has 1 atom stereocenters. The Balaban J connectivity index is 3.75. The average molecular weight is 203 g/mol. The van der Waals surface area contributed by atoms with Crippen LogP contribution >= 0.6 is 0 Å². The van der Waals surface area contributed by atoms with E-state index >= 15 is 0 Å². The highest BCUT2D eigenvalue weighted by Gasteiger charge is 2.18. The summed E-state index contributed by atoms with van der Waals surface area (Å²) in [4.78, 5) is 10.4. The number of aliphatic carboxylic acids is 1. The van der Waals surface area contributed by atoms with Crippen molar-refractivity contribution in [3.63, 3.8) is 0 Å². The Morgan fingerprint density at radius 2 is 2.14 bits per heavy atom. The van der Waals surface area contributed by atoms with Gasteiger partial charge >= 0.3 is 5.97 Å². The fourth-order valence-corrected chi connectivity index (χ4v) is 1.20. The van der Waals surface area contributed by atoms with Gasteiger partial charge in [0.1, 0.15) is 0 Å². The molecule has 1 unspecified atom stereocenters. The molecular formula is C10H21NO3. The predicted molar refractivity (Wildman–Crippen MR) is 55.4 cm³/mol. The van der Waals surface area contributed by atoms with Crippen LogP contribution < -0.4 is 5.32 Å². The van der Waals surface area contributed by atoms with Crippen LogP contribution in [0.1, 0.15) is 34.1 Å². The highest BCUT2D eigenvalue weighted by molar-refractivity contribution is 5.67. The van der Waals surface area contributed by atoms with Gasteiger partial charge in [-0.15, -0.1) is 0 Å². The first-order chi connectivity index (χ1) is 6.37. The van der Waals surface area contributed by atoms with Gasteiger partial charge in [-0.3, -0.25) is 4.79 Å². The minimum Gasteiger partial charge on any atom is -0.481 e. The summed E-state index contributed by atoms with van der Waals surface area (Å²) >= 11 is 0. The van der Waals surface area contributed by atoms with E-state index in [4.69, 9.17) is 9.84 Å². The minimum absolute atomic E-state index is 0.0211. The largest absolute Gasteiger partial charge is 0.481 e. The lowest BCUT2D eigenvalue weighted by Gasteiger charge is -2.26. The molecule has 0 amide bonds. The van der Waals surface area contributed by atoms with Crippen molar-refractivity contribution in [2.75, 3.05) is 13.2 Å². The third-order valence-corrected chi connectivity index (χ3v) is 1.89. The molecule has 0 aliphatic carbocycles. The van der Waals surface area contributed by atoms with Crippen molar-refractivity contribution in [1.29, 1.82) is 0 Å². The topological polar surface area (TPSA) is 58.6 Å². The van der Waals surface area contributed by atoms with E-state index in [2.05, 4.69) is 5.32 Å². The third-order valence-electron chi connectivity index (χ3n) is 1.89. The van der Waals surface area contributed by atoms with Gasteiger partial charge in [0.05, 0.1) is 12.0 Å². The summed E-state index contributed by atoms with van der Waals surface area (Å²) < 4.78 is 5.47. The molecule has 0 aliphatic heterocycles. The van der Waals surface area contributed by atoms with Crippen LogP contribution in [0.3, 0.4) is 0 Å². The number of hydrogen-bond acceptors (Lipinski definition) is 3. The molecule has 0 aliphatic rings. The van der Waals surface area contributed by atoms with Gasteiger partial charge in [-0.25, -0.2) is 0 Å². The molecule has 2 N–H and O–H groups in total. The second-order valence-corrected chi connectivity index (χ2v) is 4.07. The average Bonchev–Trinajstić information content (AvgIpc) is 2.00. The summed E-state index contributed by atoms with van der Waals surface area (Å²) in [5, 5.41) is 11.7. The van der Waals surface area contributed by atoms with E-state index in [1.807, 2.05) is 27.7 Å². The maximum atomic E-state index is 10.4. The van der Waals surface area contributed by atoms with E-state index < -0.39 is 5.97 Å². The smallest absolute Gasteiger partial charge is 0.304 e. The molecule has 4 nitrogen and oxygen atoms in total. The van der Waals surface area contributed by atoms with E-state index in [0.29, 0.717) is 13.2 Å². The van der Waals surface area contributed by atoms with Crippen LogP contribution in [0, 0.1) is 0 Å². The third kappa shape index (κ3) is 6.86. The Morgan fingerprint density at radius 1 is 1.57 bits per heavy atom. The first kappa shape index (κ1) is 13.4. The number of rotatable bonds is 7. The van der Waals surface area contributed by atoms with E-state index in [1.54, 1.807) is 0 Å². The second-order valence-electron chi connectivity index (χ2n) is 4.07. The van der Waals surface area contributed by atoms with Crippen LogP contribution in [0.4, 0.5) is 0 Å². The van der Waals surface area contributed by atoms with Crippen molar-refractivity contribution in [2.24, 2.45) is 0 Å². The summed E-state index contributed by atoms with van der Waals surface area (Å²) in [6.07, 6.45) is 0.141. The summed E-state index contributed by atoms with van der Waals surface area (Å²) in [6, 6.07) is -0.0211. The number of carboxylic acid groups (broad SMARTS) is 1. The molecule has 0 rings (SSSR count). The first-order valence-electron chi connectivity index (χ1n) is 4.96. The summed E-state index contributed by atoms with van der Waals surface area (Å²) in [7, 11) is 0. The standard InChI is InChI=1S/C10H21NO3/c1-5-14-10(3,4)7-11-8(2)6-9(12)13/h8,11H,5-7H2,1-4H3,(H,12,13). The first-order valence-corrected chi connectivity index (χ1v) is 4.96. The van der Waals surface area contributed by atoms with Gasteiger partial charge in [0.15, 0.2) is 0 Å². The SMILES string of the molecule is CCOC(C)(C)CNC(C)CC(=O)O. The van der Waals surface area contributed by atoms with Crippen LogP contribution in [0.5, 0.6) is 0 Å². The van der Waals surface area contributed by atoms with Crippen LogP contribution in [-0.4, -0.2) is 35.9 Å². The molecule has 0 heterocycles. The zero-order valence-corrected chi connectivity index (χ0v) is 9.46.